The van der Waals surface area contributed by atoms with E-state index in [4.69, 9.17) is 0 Å². The Morgan fingerprint density at radius 3 is 2.38 bits per heavy atom. The molecule has 0 amide bonds. The molecule has 0 spiro atoms. The maximum absolute atomic E-state index is 14.0. The van der Waals surface area contributed by atoms with Crippen LogP contribution in [0.15, 0.2) is 46.9 Å². The Bertz CT molecular complexity index is 523. The van der Waals surface area contributed by atoms with Gasteiger partial charge in [-0.1, -0.05) is 36.4 Å². The van der Waals surface area contributed by atoms with Crippen LogP contribution in [0.25, 0.3) is 11.1 Å². The molecule has 2 rings (SSSR count). The molecule has 0 aliphatic rings. The molecule has 1 nitrogen and oxygen atoms in total. The summed E-state index contributed by atoms with van der Waals surface area (Å²) in [5, 5.41) is 0. The van der Waals surface area contributed by atoms with Gasteiger partial charge in [0.05, 0.1) is 5.56 Å². The zero-order chi connectivity index (χ0) is 11.5. The smallest absolute Gasteiger partial charge is 0.154 e. The minimum atomic E-state index is -0.490. The van der Waals surface area contributed by atoms with Gasteiger partial charge < -0.3 is 0 Å². The van der Waals surface area contributed by atoms with Crippen molar-refractivity contribution in [1.29, 1.82) is 0 Å². The number of hydrogen-bond donors (Lipinski definition) is 0. The van der Waals surface area contributed by atoms with Gasteiger partial charge in [0.25, 0.3) is 0 Å². The molecule has 0 aromatic heterocycles. The number of benzene rings is 2. The number of rotatable bonds is 2. The van der Waals surface area contributed by atoms with Crippen molar-refractivity contribution in [3.63, 3.8) is 0 Å². The van der Waals surface area contributed by atoms with Crippen molar-refractivity contribution in [3.8, 4) is 11.1 Å². The zero-order valence-electron chi connectivity index (χ0n) is 8.28. The fourth-order valence-corrected chi connectivity index (χ4v) is 1.92. The van der Waals surface area contributed by atoms with Gasteiger partial charge in [-0.2, -0.15) is 0 Å². The summed E-state index contributed by atoms with van der Waals surface area (Å²) in [6.07, 6.45) is 0.520. The van der Waals surface area contributed by atoms with E-state index in [9.17, 15) is 9.18 Å². The maximum Gasteiger partial charge on any atom is 0.154 e. The number of carbonyl (C=O) groups excluding carboxylic acids is 1. The lowest BCUT2D eigenvalue weighted by Gasteiger charge is -2.06. The highest BCUT2D eigenvalue weighted by Gasteiger charge is 2.12. The lowest BCUT2D eigenvalue weighted by molar-refractivity contribution is 0.111. The van der Waals surface area contributed by atoms with Crippen LogP contribution in [0, 0.1) is 5.82 Å². The van der Waals surface area contributed by atoms with E-state index in [1.54, 1.807) is 24.3 Å². The molecule has 0 atom stereocenters. The largest absolute Gasteiger partial charge is 0.298 e. The summed E-state index contributed by atoms with van der Waals surface area (Å²) < 4.78 is 14.4. The van der Waals surface area contributed by atoms with E-state index in [0.717, 1.165) is 5.56 Å². The van der Waals surface area contributed by atoms with E-state index < -0.39 is 5.82 Å². The Morgan fingerprint density at radius 2 is 1.75 bits per heavy atom. The predicted octanol–water partition coefficient (Wildman–Crippen LogP) is 4.07. The van der Waals surface area contributed by atoms with Crippen LogP contribution in [0.5, 0.6) is 0 Å². The number of carbonyl (C=O) groups is 1. The molecule has 0 aliphatic heterocycles. The molecular formula is C13H8BrFO. The van der Waals surface area contributed by atoms with Gasteiger partial charge in [-0.05, 0) is 27.6 Å². The van der Waals surface area contributed by atoms with Crippen LogP contribution in [0.3, 0.4) is 0 Å². The fourth-order valence-electron chi connectivity index (χ4n) is 1.52. The Morgan fingerprint density at radius 1 is 1.06 bits per heavy atom. The van der Waals surface area contributed by atoms with Gasteiger partial charge in [-0.25, -0.2) is 4.39 Å². The minimum Gasteiger partial charge on any atom is -0.298 e. The first-order valence-corrected chi connectivity index (χ1v) is 5.52. The molecule has 0 heterocycles. The molecule has 0 saturated carbocycles. The lowest BCUT2D eigenvalue weighted by Crippen LogP contribution is -1.93. The second-order valence-corrected chi connectivity index (χ2v) is 4.16. The predicted molar refractivity (Wildman–Crippen MR) is 64.9 cm³/mol. The molecule has 0 N–H and O–H groups in total. The van der Waals surface area contributed by atoms with Gasteiger partial charge in [0.1, 0.15) is 5.82 Å². The third-order valence-corrected chi connectivity index (χ3v) is 3.02. The molecule has 80 valence electrons. The Labute approximate surface area is 101 Å². The lowest BCUT2D eigenvalue weighted by atomic mass is 10.0. The van der Waals surface area contributed by atoms with Crippen molar-refractivity contribution in [3.05, 3.63) is 58.3 Å². The second kappa shape index (κ2) is 4.58. The monoisotopic (exact) mass is 278 g/mol. The summed E-state index contributed by atoms with van der Waals surface area (Å²) in [5.74, 6) is -0.490. The van der Waals surface area contributed by atoms with Crippen molar-refractivity contribution in [1.82, 2.24) is 0 Å². The molecule has 2 aromatic rings. The van der Waals surface area contributed by atoms with E-state index >= 15 is 0 Å². The van der Waals surface area contributed by atoms with Gasteiger partial charge in [0, 0.05) is 10.0 Å². The number of halogens is 2. The highest BCUT2D eigenvalue weighted by molar-refractivity contribution is 9.10. The first-order valence-electron chi connectivity index (χ1n) is 4.72. The van der Waals surface area contributed by atoms with E-state index in [0.29, 0.717) is 16.3 Å². The average molecular weight is 279 g/mol. The quantitative estimate of drug-likeness (QED) is 0.757. The summed E-state index contributed by atoms with van der Waals surface area (Å²) in [7, 11) is 0. The van der Waals surface area contributed by atoms with Crippen LogP contribution in [0.1, 0.15) is 10.4 Å². The normalized spacial score (nSPS) is 10.1. The topological polar surface area (TPSA) is 17.1 Å². The van der Waals surface area contributed by atoms with Crippen molar-refractivity contribution in [2.24, 2.45) is 0 Å². The minimum absolute atomic E-state index is 0.0568. The van der Waals surface area contributed by atoms with Gasteiger partial charge in [-0.3, -0.25) is 4.79 Å². The van der Waals surface area contributed by atoms with Crippen LogP contribution in [0.2, 0.25) is 0 Å². The van der Waals surface area contributed by atoms with Crippen LogP contribution in [0.4, 0.5) is 4.39 Å². The maximum atomic E-state index is 14.0. The molecule has 0 bridgehead atoms. The van der Waals surface area contributed by atoms with Crippen molar-refractivity contribution >= 4 is 22.2 Å². The summed E-state index contributed by atoms with van der Waals surface area (Å²) in [4.78, 5) is 10.8. The van der Waals surface area contributed by atoms with Crippen molar-refractivity contribution in [2.45, 2.75) is 0 Å². The Hall–Kier alpha value is -1.48. The van der Waals surface area contributed by atoms with E-state index in [2.05, 4.69) is 15.9 Å². The molecule has 0 unspecified atom stereocenters. The van der Waals surface area contributed by atoms with Crippen molar-refractivity contribution < 1.29 is 9.18 Å². The van der Waals surface area contributed by atoms with Crippen LogP contribution in [-0.4, -0.2) is 6.29 Å². The molecule has 0 aliphatic carbocycles. The number of hydrogen-bond acceptors (Lipinski definition) is 1. The average Bonchev–Trinajstić information content (AvgIpc) is 2.31. The SMILES string of the molecule is O=Cc1c(Br)ccc(-c2ccccc2)c1F. The van der Waals surface area contributed by atoms with Crippen LogP contribution in [-0.2, 0) is 0 Å². The van der Waals surface area contributed by atoms with E-state index in [1.165, 1.54) is 0 Å². The highest BCUT2D eigenvalue weighted by atomic mass is 79.9. The zero-order valence-corrected chi connectivity index (χ0v) is 9.87. The Kier molecular flexibility index (Phi) is 3.15. The Balaban J connectivity index is 2.64. The third kappa shape index (κ3) is 1.91. The summed E-state index contributed by atoms with van der Waals surface area (Å²) in [5.41, 5.74) is 1.25. The fraction of sp³-hybridized carbons (Fsp3) is 0. The molecule has 0 fully saturated rings. The van der Waals surface area contributed by atoms with E-state index in [-0.39, 0.29) is 5.56 Å². The van der Waals surface area contributed by atoms with Crippen LogP contribution >= 0.6 is 15.9 Å². The summed E-state index contributed by atoms with van der Waals surface area (Å²) in [6.45, 7) is 0. The van der Waals surface area contributed by atoms with Crippen molar-refractivity contribution in [2.75, 3.05) is 0 Å². The van der Waals surface area contributed by atoms with E-state index in [1.807, 2.05) is 18.2 Å². The molecule has 0 saturated heterocycles. The molecular weight excluding hydrogens is 271 g/mol. The molecule has 3 heteroatoms. The highest BCUT2D eigenvalue weighted by Crippen LogP contribution is 2.28. The van der Waals surface area contributed by atoms with Gasteiger partial charge in [-0.15, -0.1) is 0 Å². The summed E-state index contributed by atoms with van der Waals surface area (Å²) >= 11 is 3.14. The van der Waals surface area contributed by atoms with Gasteiger partial charge in [0.2, 0.25) is 0 Å². The second-order valence-electron chi connectivity index (χ2n) is 3.31. The first-order chi connectivity index (χ1) is 7.74. The standard InChI is InChI=1S/C13H8BrFO/c14-12-7-6-10(13(15)11(12)8-16)9-4-2-1-3-5-9/h1-8H. The summed E-state index contributed by atoms with van der Waals surface area (Å²) in [6, 6.07) is 12.5. The van der Waals surface area contributed by atoms with Gasteiger partial charge >= 0.3 is 0 Å². The number of aldehydes is 1. The molecule has 0 radical (unpaired) electrons. The first kappa shape index (κ1) is 11.0. The molecule has 16 heavy (non-hydrogen) atoms. The van der Waals surface area contributed by atoms with Crippen LogP contribution < -0.4 is 0 Å². The van der Waals surface area contributed by atoms with Gasteiger partial charge in [0.15, 0.2) is 6.29 Å². The molecule has 2 aromatic carbocycles. The third-order valence-electron chi connectivity index (χ3n) is 2.33.